The van der Waals surface area contributed by atoms with Gasteiger partial charge in [-0.05, 0) is 113 Å². The van der Waals surface area contributed by atoms with E-state index in [1.807, 2.05) is 95.9 Å². The smallest absolute Gasteiger partial charge is 0.458 e. The van der Waals surface area contributed by atoms with Crippen molar-refractivity contribution in [1.29, 1.82) is 0 Å². The topological polar surface area (TPSA) is 222 Å². The summed E-state index contributed by atoms with van der Waals surface area (Å²) >= 11 is 0. The highest BCUT2D eigenvalue weighted by Gasteiger charge is 2.58. The molecule has 0 aromatic heterocycles. The lowest BCUT2D eigenvalue weighted by Gasteiger charge is -2.49. The van der Waals surface area contributed by atoms with Crippen LogP contribution < -0.4 is 10.6 Å². The molecule has 4 fully saturated rings. The number of carbonyl (C=O) groups is 4. The zero-order valence-electron chi connectivity index (χ0n) is 44.7. The molecule has 71 heavy (non-hydrogen) atoms. The average molecular weight is 1010 g/mol. The van der Waals surface area contributed by atoms with E-state index in [0.29, 0.717) is 25.9 Å². The predicted octanol–water partition coefficient (Wildman–Crippen LogP) is 4.96. The quantitative estimate of drug-likeness (QED) is 0.104. The van der Waals surface area contributed by atoms with Gasteiger partial charge in [0.15, 0.2) is 30.4 Å². The van der Waals surface area contributed by atoms with E-state index in [9.17, 15) is 29.4 Å². The first kappa shape index (κ1) is 58.2. The number of amides is 2. The third-order valence-electron chi connectivity index (χ3n) is 15.3. The summed E-state index contributed by atoms with van der Waals surface area (Å²) in [6.45, 7) is 19.3. The first-order valence-electron chi connectivity index (χ1n) is 25.6. The van der Waals surface area contributed by atoms with Gasteiger partial charge in [0.2, 0.25) is 5.91 Å². The standard InChI is InChI=1S/C52H86N4O15/c1-15-38-52(10)44(70-49(61)71-52)34(6)56(13)29-30(2)27-50(8,62)43(68-47-41(58)37(55(11)12)26-31(3)64-47)32(4)42(33(5)46(59)66-38)67-40-28-51(9,63-14)45(35(7)65-40)69-48(60)54-24-19-22-39(57)53-25-23-36-20-17-16-18-21-36/h16-18,20-21,30-35,37-38,40-45,47,58,62H,15,19,22-29H2,1-14H3,(H,53,57)(H,54,60)/t30-,31-,32+,33-,34-,35+,37+,38-,40+,41-,42+,43-,44-,45+,47+,50+,51-,52-/m1/s1. The molecule has 5 rings (SSSR count). The van der Waals surface area contributed by atoms with Crippen LogP contribution in [0.15, 0.2) is 30.3 Å². The molecular formula is C52H86N4O15. The van der Waals surface area contributed by atoms with Crippen LogP contribution in [0.1, 0.15) is 113 Å². The number of fused-ring (bicyclic) bond motifs is 1. The Bertz CT molecular complexity index is 1900. The number of hydrogen-bond acceptors (Lipinski definition) is 17. The summed E-state index contributed by atoms with van der Waals surface area (Å²) in [7, 11) is 7.17. The van der Waals surface area contributed by atoms with Gasteiger partial charge in [-0.1, -0.05) is 51.1 Å². The van der Waals surface area contributed by atoms with E-state index in [1.54, 1.807) is 34.6 Å². The molecule has 19 nitrogen and oxygen atoms in total. The summed E-state index contributed by atoms with van der Waals surface area (Å²) in [5, 5.41) is 30.2. The molecule has 0 spiro atoms. The van der Waals surface area contributed by atoms with Crippen LogP contribution in [0, 0.1) is 17.8 Å². The first-order valence-corrected chi connectivity index (χ1v) is 25.6. The minimum Gasteiger partial charge on any atom is -0.458 e. The molecule has 1 aromatic rings. The number of nitrogens with zero attached hydrogens (tertiary/aromatic N) is 2. The van der Waals surface area contributed by atoms with Crippen molar-refractivity contribution in [2.75, 3.05) is 47.9 Å². The maximum absolute atomic E-state index is 14.7. The Hall–Kier alpha value is -3.66. The van der Waals surface area contributed by atoms with Crippen molar-refractivity contribution in [3.8, 4) is 0 Å². The number of cyclic esters (lactones) is 1. The summed E-state index contributed by atoms with van der Waals surface area (Å²) < 4.78 is 56.6. The van der Waals surface area contributed by atoms with Crippen LogP contribution >= 0.6 is 0 Å². The van der Waals surface area contributed by atoms with E-state index in [2.05, 4.69) is 10.6 Å². The average Bonchev–Trinajstić information content (AvgIpc) is 3.62. The third-order valence-corrected chi connectivity index (χ3v) is 15.3. The van der Waals surface area contributed by atoms with Crippen molar-refractivity contribution in [2.24, 2.45) is 17.8 Å². The molecule has 4 aliphatic rings. The molecule has 4 aliphatic heterocycles. The summed E-state index contributed by atoms with van der Waals surface area (Å²) in [5.41, 5.74) is -3.00. The first-order chi connectivity index (χ1) is 33.3. The molecule has 0 radical (unpaired) electrons. The number of methoxy groups -OCH3 is 1. The highest BCUT2D eigenvalue weighted by atomic mass is 16.8. The van der Waals surface area contributed by atoms with Crippen molar-refractivity contribution in [3.63, 3.8) is 0 Å². The number of benzene rings is 1. The van der Waals surface area contributed by atoms with E-state index in [4.69, 9.17) is 42.6 Å². The van der Waals surface area contributed by atoms with Gasteiger partial charge in [-0.3, -0.25) is 14.5 Å². The summed E-state index contributed by atoms with van der Waals surface area (Å²) in [6.07, 6.45) is -8.38. The zero-order valence-corrected chi connectivity index (χ0v) is 44.7. The van der Waals surface area contributed by atoms with Gasteiger partial charge in [0.05, 0.1) is 35.9 Å². The maximum Gasteiger partial charge on any atom is 0.509 e. The van der Waals surface area contributed by atoms with Crippen molar-refractivity contribution < 1.29 is 72.0 Å². The summed E-state index contributed by atoms with van der Waals surface area (Å²) in [4.78, 5) is 57.3. The highest BCUT2D eigenvalue weighted by Crippen LogP contribution is 2.42. The van der Waals surface area contributed by atoms with Gasteiger partial charge in [-0.2, -0.15) is 0 Å². The van der Waals surface area contributed by atoms with Crippen LogP contribution in [0.25, 0.3) is 0 Å². The number of alkyl carbamates (subject to hydrolysis) is 1. The number of aliphatic hydroxyl groups is 2. The van der Waals surface area contributed by atoms with Crippen LogP contribution in [-0.2, 0) is 58.6 Å². The number of ether oxygens (including phenoxy) is 9. The lowest BCUT2D eigenvalue weighted by atomic mass is 9.77. The Balaban J connectivity index is 1.39. The number of carbonyl (C=O) groups excluding carboxylic acids is 4. The number of esters is 1. The highest BCUT2D eigenvalue weighted by molar-refractivity contribution is 5.76. The lowest BCUT2D eigenvalue weighted by molar-refractivity contribution is -0.317. The van der Waals surface area contributed by atoms with Gasteiger partial charge >= 0.3 is 18.2 Å². The van der Waals surface area contributed by atoms with E-state index in [1.165, 1.54) is 7.11 Å². The van der Waals surface area contributed by atoms with Crippen molar-refractivity contribution in [1.82, 2.24) is 20.4 Å². The summed E-state index contributed by atoms with van der Waals surface area (Å²) in [5.74, 6) is -2.83. The number of rotatable bonds is 15. The molecule has 4 N–H and O–H groups in total. The second-order valence-electron chi connectivity index (χ2n) is 21.6. The Morgan fingerprint density at radius 2 is 1.62 bits per heavy atom. The molecular weight excluding hydrogens is 921 g/mol. The predicted molar refractivity (Wildman–Crippen MR) is 262 cm³/mol. The van der Waals surface area contributed by atoms with Crippen LogP contribution in [0.4, 0.5) is 9.59 Å². The Labute approximate surface area is 421 Å². The number of hydrogen-bond donors (Lipinski definition) is 4. The normalized spacial score (nSPS) is 39.8. The van der Waals surface area contributed by atoms with Crippen LogP contribution in [0.5, 0.6) is 0 Å². The van der Waals surface area contributed by atoms with Gasteiger partial charge in [-0.15, -0.1) is 0 Å². The van der Waals surface area contributed by atoms with Gasteiger partial charge < -0.3 is 68.4 Å². The van der Waals surface area contributed by atoms with Crippen LogP contribution in [0.2, 0.25) is 0 Å². The molecule has 4 saturated heterocycles. The molecule has 404 valence electrons. The second-order valence-corrected chi connectivity index (χ2v) is 21.6. The van der Waals surface area contributed by atoms with Crippen molar-refractivity contribution >= 4 is 24.1 Å². The molecule has 19 heteroatoms. The Morgan fingerprint density at radius 3 is 2.27 bits per heavy atom. The molecule has 18 atom stereocenters. The van der Waals surface area contributed by atoms with Crippen LogP contribution in [-0.4, -0.2) is 182 Å². The molecule has 2 amide bonds. The molecule has 0 aliphatic carbocycles. The van der Waals surface area contributed by atoms with Gasteiger partial charge in [0.1, 0.15) is 17.8 Å². The Morgan fingerprint density at radius 1 is 0.930 bits per heavy atom. The molecule has 0 bridgehead atoms. The largest absolute Gasteiger partial charge is 0.509 e. The molecule has 0 saturated carbocycles. The SMILES string of the molecule is CC[C@H]1OC(=O)[C@H](C)[C@@H](O[C@H]2C[C@@](C)(OC)[C@@H](OC(=O)NCCCC(=O)NCCc3ccccc3)[C@H](C)O2)[C@H](C)[C@@H](O[C@@H]2O[C@H](C)C[C@H](N(C)C)[C@H]2O)[C@@](C)(O)C[C@@H](C)CN(C)[C@H](C)[C@H]2OC(=O)O[C@@]21C. The monoisotopic (exact) mass is 1010 g/mol. The summed E-state index contributed by atoms with van der Waals surface area (Å²) in [6, 6.07) is 9.18. The zero-order chi connectivity index (χ0) is 52.6. The lowest BCUT2D eigenvalue weighted by Crippen LogP contribution is -2.61. The van der Waals surface area contributed by atoms with Crippen molar-refractivity contribution in [2.45, 2.75) is 204 Å². The maximum atomic E-state index is 14.7. The fourth-order valence-corrected chi connectivity index (χ4v) is 11.2. The fraction of sp³-hybridized carbons (Fsp3) is 0.808. The third kappa shape index (κ3) is 14.6. The molecule has 0 unspecified atom stereocenters. The van der Waals surface area contributed by atoms with E-state index < -0.39 is 102 Å². The number of likely N-dealkylation sites (N-methyl/N-ethyl adjacent to an activating group) is 2. The van der Waals surface area contributed by atoms with Crippen molar-refractivity contribution in [3.05, 3.63) is 35.9 Å². The fourth-order valence-electron chi connectivity index (χ4n) is 11.2. The van der Waals surface area contributed by atoms with E-state index >= 15 is 0 Å². The van der Waals surface area contributed by atoms with Crippen LogP contribution in [0.3, 0.4) is 0 Å². The van der Waals surface area contributed by atoms with E-state index in [0.717, 1.165) is 12.0 Å². The number of nitrogens with one attached hydrogen (secondary N) is 2. The van der Waals surface area contributed by atoms with Gasteiger partial charge in [-0.25, -0.2) is 9.59 Å². The van der Waals surface area contributed by atoms with Gasteiger partial charge in [0, 0.05) is 57.6 Å². The molecule has 1 aromatic carbocycles. The van der Waals surface area contributed by atoms with E-state index in [-0.39, 0.29) is 62.2 Å². The second kappa shape index (κ2) is 25.0. The number of aliphatic hydroxyl groups excluding tert-OH is 1. The minimum atomic E-state index is -1.62. The molecule has 4 heterocycles. The minimum absolute atomic E-state index is 0.0419. The van der Waals surface area contributed by atoms with Gasteiger partial charge in [0.25, 0.3) is 0 Å². The Kier molecular flexibility index (Phi) is 20.5.